The SMILES string of the molecule is O=C(CSCc1ccccc1)Nc1nnc(Cc2ccc(F)cc2)s1. The van der Waals surface area contributed by atoms with Crippen molar-refractivity contribution in [3.63, 3.8) is 0 Å². The van der Waals surface area contributed by atoms with E-state index in [1.807, 2.05) is 30.3 Å². The molecule has 3 rings (SSSR count). The Hall–Kier alpha value is -2.25. The number of carbonyl (C=O) groups is 1. The van der Waals surface area contributed by atoms with E-state index in [9.17, 15) is 9.18 Å². The van der Waals surface area contributed by atoms with Crippen molar-refractivity contribution in [3.8, 4) is 0 Å². The van der Waals surface area contributed by atoms with Crippen LogP contribution in [0.5, 0.6) is 0 Å². The molecule has 0 saturated heterocycles. The number of hydrogen-bond donors (Lipinski definition) is 1. The van der Waals surface area contributed by atoms with Crippen molar-refractivity contribution in [1.82, 2.24) is 10.2 Å². The molecule has 0 atom stereocenters. The summed E-state index contributed by atoms with van der Waals surface area (Å²) in [6.45, 7) is 0. The van der Waals surface area contributed by atoms with Gasteiger partial charge in [-0.15, -0.1) is 22.0 Å². The van der Waals surface area contributed by atoms with Gasteiger partial charge >= 0.3 is 0 Å². The number of amides is 1. The summed E-state index contributed by atoms with van der Waals surface area (Å²) < 4.78 is 12.9. The van der Waals surface area contributed by atoms with Gasteiger partial charge in [0.15, 0.2) is 0 Å². The minimum absolute atomic E-state index is 0.0922. The Kier molecular flexibility index (Phi) is 6.14. The Morgan fingerprint density at radius 1 is 1.04 bits per heavy atom. The van der Waals surface area contributed by atoms with Crippen molar-refractivity contribution >= 4 is 34.1 Å². The van der Waals surface area contributed by atoms with Gasteiger partial charge in [-0.25, -0.2) is 4.39 Å². The van der Waals surface area contributed by atoms with Gasteiger partial charge < -0.3 is 0 Å². The molecule has 0 saturated carbocycles. The Labute approximate surface area is 153 Å². The number of aromatic nitrogens is 2. The van der Waals surface area contributed by atoms with Gasteiger partial charge in [0.1, 0.15) is 10.8 Å². The number of carbonyl (C=O) groups excluding carboxylic acids is 1. The number of nitrogens with zero attached hydrogens (tertiary/aromatic N) is 2. The van der Waals surface area contributed by atoms with Gasteiger partial charge in [0, 0.05) is 12.2 Å². The molecule has 4 nitrogen and oxygen atoms in total. The number of hydrogen-bond acceptors (Lipinski definition) is 5. The lowest BCUT2D eigenvalue weighted by Crippen LogP contribution is -2.13. The number of benzene rings is 2. The van der Waals surface area contributed by atoms with E-state index >= 15 is 0 Å². The summed E-state index contributed by atoms with van der Waals surface area (Å²) in [5.74, 6) is 0.800. The molecule has 25 heavy (non-hydrogen) atoms. The summed E-state index contributed by atoms with van der Waals surface area (Å²) in [4.78, 5) is 12.0. The minimum Gasteiger partial charge on any atom is -0.300 e. The standard InChI is InChI=1S/C18H16FN3OS2/c19-15-8-6-13(7-9-15)10-17-21-22-18(25-17)20-16(23)12-24-11-14-4-2-1-3-5-14/h1-9H,10-12H2,(H,20,22,23). The molecule has 7 heteroatoms. The van der Waals surface area contributed by atoms with Gasteiger partial charge in [-0.1, -0.05) is 53.8 Å². The Morgan fingerprint density at radius 2 is 1.80 bits per heavy atom. The van der Waals surface area contributed by atoms with Crippen molar-refractivity contribution in [1.29, 1.82) is 0 Å². The van der Waals surface area contributed by atoms with Crippen LogP contribution >= 0.6 is 23.1 Å². The zero-order valence-electron chi connectivity index (χ0n) is 13.3. The number of rotatable bonds is 7. The van der Waals surface area contributed by atoms with E-state index in [1.54, 1.807) is 23.9 Å². The van der Waals surface area contributed by atoms with Gasteiger partial charge in [-0.3, -0.25) is 10.1 Å². The molecule has 3 aromatic rings. The highest BCUT2D eigenvalue weighted by atomic mass is 32.2. The topological polar surface area (TPSA) is 54.9 Å². The molecule has 0 aliphatic heterocycles. The fourth-order valence-electron chi connectivity index (χ4n) is 2.14. The molecule has 0 spiro atoms. The van der Waals surface area contributed by atoms with Crippen LogP contribution in [0.3, 0.4) is 0 Å². The first-order valence-corrected chi connectivity index (χ1v) is 9.64. The largest absolute Gasteiger partial charge is 0.300 e. The van der Waals surface area contributed by atoms with E-state index in [-0.39, 0.29) is 11.7 Å². The van der Waals surface area contributed by atoms with Crippen LogP contribution in [0, 0.1) is 5.82 Å². The number of anilines is 1. The fraction of sp³-hybridized carbons (Fsp3) is 0.167. The molecule has 1 aromatic heterocycles. The van der Waals surface area contributed by atoms with E-state index in [1.165, 1.54) is 29.0 Å². The molecular formula is C18H16FN3OS2. The van der Waals surface area contributed by atoms with Gasteiger partial charge in [0.2, 0.25) is 11.0 Å². The highest BCUT2D eigenvalue weighted by Gasteiger charge is 2.09. The summed E-state index contributed by atoms with van der Waals surface area (Å²) in [5.41, 5.74) is 2.15. The average molecular weight is 373 g/mol. The zero-order chi connectivity index (χ0) is 17.5. The summed E-state index contributed by atoms with van der Waals surface area (Å²) in [7, 11) is 0. The third-order valence-electron chi connectivity index (χ3n) is 3.33. The van der Waals surface area contributed by atoms with E-state index in [0.717, 1.165) is 16.3 Å². The lowest BCUT2D eigenvalue weighted by Gasteiger charge is -2.02. The van der Waals surface area contributed by atoms with Crippen LogP contribution in [0.25, 0.3) is 0 Å². The third-order valence-corrected chi connectivity index (χ3v) is 5.17. The fourth-order valence-corrected chi connectivity index (χ4v) is 3.72. The Bertz CT molecular complexity index is 822. The first-order chi connectivity index (χ1) is 12.2. The van der Waals surface area contributed by atoms with Crippen LogP contribution in [-0.2, 0) is 17.0 Å². The van der Waals surface area contributed by atoms with Crippen molar-refractivity contribution in [3.05, 3.63) is 76.5 Å². The lowest BCUT2D eigenvalue weighted by atomic mass is 10.2. The molecule has 0 fully saturated rings. The van der Waals surface area contributed by atoms with Crippen LogP contribution < -0.4 is 5.32 Å². The quantitative estimate of drug-likeness (QED) is 0.676. The Morgan fingerprint density at radius 3 is 2.56 bits per heavy atom. The van der Waals surface area contributed by atoms with Gasteiger partial charge in [-0.05, 0) is 23.3 Å². The summed E-state index contributed by atoms with van der Waals surface area (Å²) >= 11 is 2.89. The van der Waals surface area contributed by atoms with E-state index in [4.69, 9.17) is 0 Å². The Balaban J connectivity index is 1.45. The summed E-state index contributed by atoms with van der Waals surface area (Å²) in [6.07, 6.45) is 0.566. The smallest absolute Gasteiger partial charge is 0.236 e. The predicted molar refractivity (Wildman–Crippen MR) is 100 cm³/mol. The second kappa shape index (κ2) is 8.73. The van der Waals surface area contributed by atoms with E-state index in [2.05, 4.69) is 15.5 Å². The van der Waals surface area contributed by atoms with Gasteiger partial charge in [0.25, 0.3) is 0 Å². The molecule has 0 aliphatic rings. The second-order valence-corrected chi connectivity index (χ2v) is 7.38. The molecule has 2 aromatic carbocycles. The number of nitrogens with one attached hydrogen (secondary N) is 1. The second-order valence-electron chi connectivity index (χ2n) is 5.33. The molecule has 0 bridgehead atoms. The molecule has 1 N–H and O–H groups in total. The maximum absolute atomic E-state index is 12.9. The molecule has 0 unspecified atom stereocenters. The first kappa shape index (κ1) is 17.6. The van der Waals surface area contributed by atoms with E-state index < -0.39 is 0 Å². The van der Waals surface area contributed by atoms with Crippen molar-refractivity contribution in [2.24, 2.45) is 0 Å². The number of halogens is 1. The average Bonchev–Trinajstić information content (AvgIpc) is 3.05. The maximum atomic E-state index is 12.9. The van der Waals surface area contributed by atoms with Crippen LogP contribution in [0.4, 0.5) is 9.52 Å². The van der Waals surface area contributed by atoms with Gasteiger partial charge in [-0.2, -0.15) is 0 Å². The summed E-state index contributed by atoms with van der Waals surface area (Å²) in [5, 5.41) is 12.1. The van der Waals surface area contributed by atoms with Crippen LogP contribution in [0.1, 0.15) is 16.1 Å². The summed E-state index contributed by atoms with van der Waals surface area (Å²) in [6, 6.07) is 16.3. The van der Waals surface area contributed by atoms with Crippen LogP contribution in [-0.4, -0.2) is 21.9 Å². The van der Waals surface area contributed by atoms with Crippen molar-refractivity contribution in [2.45, 2.75) is 12.2 Å². The first-order valence-electron chi connectivity index (χ1n) is 7.67. The predicted octanol–water partition coefficient (Wildman–Crippen LogP) is 4.14. The van der Waals surface area contributed by atoms with Crippen molar-refractivity contribution < 1.29 is 9.18 Å². The van der Waals surface area contributed by atoms with Crippen LogP contribution in [0.15, 0.2) is 54.6 Å². The molecular weight excluding hydrogens is 357 g/mol. The zero-order valence-corrected chi connectivity index (χ0v) is 14.9. The monoisotopic (exact) mass is 373 g/mol. The molecule has 1 amide bonds. The lowest BCUT2D eigenvalue weighted by molar-refractivity contribution is -0.113. The normalized spacial score (nSPS) is 10.6. The maximum Gasteiger partial charge on any atom is 0.236 e. The van der Waals surface area contributed by atoms with Crippen molar-refractivity contribution in [2.75, 3.05) is 11.1 Å². The highest BCUT2D eigenvalue weighted by molar-refractivity contribution is 7.99. The minimum atomic E-state index is -0.262. The number of thioether (sulfide) groups is 1. The molecule has 0 aliphatic carbocycles. The third kappa shape index (κ3) is 5.65. The molecule has 0 radical (unpaired) electrons. The van der Waals surface area contributed by atoms with E-state index in [0.29, 0.717) is 17.3 Å². The molecule has 128 valence electrons. The highest BCUT2D eigenvalue weighted by Crippen LogP contribution is 2.19. The van der Waals surface area contributed by atoms with Gasteiger partial charge in [0.05, 0.1) is 5.75 Å². The molecule has 1 heterocycles. The van der Waals surface area contributed by atoms with Crippen LogP contribution in [0.2, 0.25) is 0 Å².